The van der Waals surface area contributed by atoms with Gasteiger partial charge in [-0.25, -0.2) is 0 Å². The van der Waals surface area contributed by atoms with Gasteiger partial charge >= 0.3 is 0 Å². The normalized spacial score (nSPS) is 14.2. The van der Waals surface area contributed by atoms with Crippen molar-refractivity contribution in [2.75, 3.05) is 13.7 Å². The van der Waals surface area contributed by atoms with E-state index in [1.807, 2.05) is 35.2 Å². The number of carbonyl (C=O) groups is 1. The third-order valence-corrected chi connectivity index (χ3v) is 4.69. The monoisotopic (exact) mass is 299 g/mol. The van der Waals surface area contributed by atoms with Crippen molar-refractivity contribution in [2.45, 2.75) is 13.0 Å². The van der Waals surface area contributed by atoms with Crippen LogP contribution in [-0.4, -0.2) is 24.5 Å². The molecule has 0 saturated heterocycles. The quantitative estimate of drug-likeness (QED) is 0.813. The molecule has 1 aromatic heterocycles. The smallest absolute Gasteiger partial charge is 0.246 e. The molecule has 0 N–H and O–H groups in total. The van der Waals surface area contributed by atoms with Gasteiger partial charge in [0, 0.05) is 29.6 Å². The molecule has 0 saturated carbocycles. The number of nitrogens with zero attached hydrogens (tertiary/aromatic N) is 1. The second-order valence-corrected chi connectivity index (χ2v) is 5.95. The lowest BCUT2D eigenvalue weighted by Crippen LogP contribution is -2.34. The van der Waals surface area contributed by atoms with Crippen molar-refractivity contribution in [2.24, 2.45) is 0 Å². The van der Waals surface area contributed by atoms with Crippen LogP contribution in [0.1, 0.15) is 16.0 Å². The predicted molar refractivity (Wildman–Crippen MR) is 85.5 cm³/mol. The molecule has 108 valence electrons. The number of ether oxygens (including phenoxy) is 1. The van der Waals surface area contributed by atoms with Gasteiger partial charge in [-0.2, -0.15) is 0 Å². The maximum atomic E-state index is 12.3. The second kappa shape index (κ2) is 6.14. The summed E-state index contributed by atoms with van der Waals surface area (Å²) in [6, 6.07) is 9.80. The number of hydrogen-bond acceptors (Lipinski definition) is 3. The Balaban J connectivity index is 1.71. The Kier molecular flexibility index (Phi) is 4.06. The molecule has 3 rings (SSSR count). The molecule has 2 heterocycles. The van der Waals surface area contributed by atoms with Gasteiger partial charge in [-0.15, -0.1) is 11.3 Å². The van der Waals surface area contributed by atoms with Gasteiger partial charge in [0.1, 0.15) is 5.75 Å². The van der Waals surface area contributed by atoms with Crippen LogP contribution < -0.4 is 4.74 Å². The molecule has 1 aromatic carbocycles. The number of rotatable bonds is 3. The van der Waals surface area contributed by atoms with Gasteiger partial charge in [-0.05, 0) is 35.6 Å². The molecule has 21 heavy (non-hydrogen) atoms. The van der Waals surface area contributed by atoms with Crippen LogP contribution in [0.25, 0.3) is 6.08 Å². The third kappa shape index (κ3) is 3.00. The lowest BCUT2D eigenvalue weighted by molar-refractivity contribution is -0.126. The molecule has 2 aromatic rings. The zero-order valence-corrected chi connectivity index (χ0v) is 12.7. The summed E-state index contributed by atoms with van der Waals surface area (Å²) in [5.41, 5.74) is 2.20. The van der Waals surface area contributed by atoms with E-state index in [0.717, 1.165) is 24.3 Å². The fraction of sp³-hybridized carbons (Fsp3) is 0.235. The first-order chi connectivity index (χ1) is 10.3. The molecule has 1 aliphatic rings. The Morgan fingerprint density at radius 1 is 1.33 bits per heavy atom. The van der Waals surface area contributed by atoms with Gasteiger partial charge < -0.3 is 9.64 Å². The molecule has 4 heteroatoms. The summed E-state index contributed by atoms with van der Waals surface area (Å²) < 4.78 is 5.28. The van der Waals surface area contributed by atoms with Crippen molar-refractivity contribution in [1.29, 1.82) is 0 Å². The maximum absolute atomic E-state index is 12.3. The second-order valence-electron chi connectivity index (χ2n) is 4.95. The summed E-state index contributed by atoms with van der Waals surface area (Å²) >= 11 is 1.78. The fourth-order valence-electron chi connectivity index (χ4n) is 2.51. The highest BCUT2D eigenvalue weighted by Gasteiger charge is 2.19. The minimum atomic E-state index is 0.0535. The summed E-state index contributed by atoms with van der Waals surface area (Å²) in [4.78, 5) is 15.6. The third-order valence-electron chi connectivity index (χ3n) is 3.66. The van der Waals surface area contributed by atoms with Crippen LogP contribution in [0.3, 0.4) is 0 Å². The molecule has 0 spiro atoms. The SMILES string of the molecule is COc1ccccc1/C=C/C(=O)N1CCc2sccc2C1. The van der Waals surface area contributed by atoms with E-state index >= 15 is 0 Å². The lowest BCUT2D eigenvalue weighted by atomic mass is 10.1. The van der Waals surface area contributed by atoms with Gasteiger partial charge in [0.2, 0.25) is 5.91 Å². The Morgan fingerprint density at radius 2 is 2.19 bits per heavy atom. The molecule has 0 aliphatic carbocycles. The van der Waals surface area contributed by atoms with Gasteiger partial charge in [-0.1, -0.05) is 18.2 Å². The van der Waals surface area contributed by atoms with Crippen LogP contribution >= 0.6 is 11.3 Å². The van der Waals surface area contributed by atoms with E-state index in [4.69, 9.17) is 4.74 Å². The Labute approximate surface area is 128 Å². The molecule has 0 unspecified atom stereocenters. The van der Waals surface area contributed by atoms with Crippen molar-refractivity contribution in [3.8, 4) is 5.75 Å². The largest absolute Gasteiger partial charge is 0.496 e. The standard InChI is InChI=1S/C17H17NO2S/c1-20-15-5-3-2-4-13(15)6-7-17(19)18-10-8-16-14(12-18)9-11-21-16/h2-7,9,11H,8,10,12H2,1H3/b7-6+. The molecule has 3 nitrogen and oxygen atoms in total. The van der Waals surface area contributed by atoms with E-state index in [9.17, 15) is 4.79 Å². The fourth-order valence-corrected chi connectivity index (χ4v) is 3.40. The number of carbonyl (C=O) groups excluding carboxylic acids is 1. The van der Waals surface area contributed by atoms with E-state index < -0.39 is 0 Å². The van der Waals surface area contributed by atoms with Crippen molar-refractivity contribution >= 4 is 23.3 Å². The maximum Gasteiger partial charge on any atom is 0.246 e. The van der Waals surface area contributed by atoms with Gasteiger partial charge in [0.05, 0.1) is 7.11 Å². The van der Waals surface area contributed by atoms with Crippen LogP contribution in [0.5, 0.6) is 5.75 Å². The van der Waals surface area contributed by atoms with Gasteiger partial charge in [0.15, 0.2) is 0 Å². The minimum absolute atomic E-state index is 0.0535. The number of hydrogen-bond donors (Lipinski definition) is 0. The number of para-hydroxylation sites is 1. The van der Waals surface area contributed by atoms with Crippen LogP contribution in [-0.2, 0) is 17.8 Å². The molecule has 0 atom stereocenters. The Morgan fingerprint density at radius 3 is 3.05 bits per heavy atom. The molecular formula is C17H17NO2S. The van der Waals surface area contributed by atoms with E-state index in [2.05, 4.69) is 11.4 Å². The summed E-state index contributed by atoms with van der Waals surface area (Å²) in [6.45, 7) is 1.51. The highest BCUT2D eigenvalue weighted by Crippen LogP contribution is 2.24. The zero-order chi connectivity index (χ0) is 14.7. The van der Waals surface area contributed by atoms with Crippen molar-refractivity contribution in [3.05, 3.63) is 57.8 Å². The molecule has 1 amide bonds. The number of methoxy groups -OCH3 is 1. The van der Waals surface area contributed by atoms with Crippen LogP contribution in [0, 0.1) is 0 Å². The van der Waals surface area contributed by atoms with Crippen LogP contribution in [0.15, 0.2) is 41.8 Å². The molecule has 0 bridgehead atoms. The van der Waals surface area contributed by atoms with Crippen molar-refractivity contribution in [1.82, 2.24) is 4.90 Å². The van der Waals surface area contributed by atoms with Crippen LogP contribution in [0.4, 0.5) is 0 Å². The first-order valence-corrected chi connectivity index (χ1v) is 7.81. The van der Waals surface area contributed by atoms with Gasteiger partial charge in [0.25, 0.3) is 0 Å². The highest BCUT2D eigenvalue weighted by atomic mass is 32.1. The summed E-state index contributed by atoms with van der Waals surface area (Å²) in [7, 11) is 1.64. The molecular weight excluding hydrogens is 282 g/mol. The summed E-state index contributed by atoms with van der Waals surface area (Å²) in [6.07, 6.45) is 4.42. The first-order valence-electron chi connectivity index (χ1n) is 6.93. The number of benzene rings is 1. The van der Waals surface area contributed by atoms with Crippen molar-refractivity contribution < 1.29 is 9.53 Å². The van der Waals surface area contributed by atoms with E-state index in [-0.39, 0.29) is 5.91 Å². The minimum Gasteiger partial charge on any atom is -0.496 e. The molecule has 0 radical (unpaired) electrons. The average molecular weight is 299 g/mol. The van der Waals surface area contributed by atoms with E-state index in [0.29, 0.717) is 6.54 Å². The first kappa shape index (κ1) is 13.9. The summed E-state index contributed by atoms with van der Waals surface area (Å²) in [5.74, 6) is 0.832. The molecule has 0 fully saturated rings. The van der Waals surface area contributed by atoms with Gasteiger partial charge in [-0.3, -0.25) is 4.79 Å². The van der Waals surface area contributed by atoms with Crippen molar-refractivity contribution in [3.63, 3.8) is 0 Å². The highest BCUT2D eigenvalue weighted by molar-refractivity contribution is 7.10. The Bertz CT molecular complexity index is 675. The zero-order valence-electron chi connectivity index (χ0n) is 11.9. The topological polar surface area (TPSA) is 29.5 Å². The van der Waals surface area contributed by atoms with Crippen LogP contribution in [0.2, 0.25) is 0 Å². The summed E-state index contributed by atoms with van der Waals surface area (Å²) in [5, 5.41) is 2.10. The lowest BCUT2D eigenvalue weighted by Gasteiger charge is -2.25. The van der Waals surface area contributed by atoms with E-state index in [1.165, 1.54) is 10.4 Å². The average Bonchev–Trinajstić information content (AvgIpc) is 3.00. The Hall–Kier alpha value is -2.07. The number of amides is 1. The predicted octanol–water partition coefficient (Wildman–Crippen LogP) is 3.35. The molecule has 1 aliphatic heterocycles. The number of thiophene rings is 1. The number of fused-ring (bicyclic) bond motifs is 1. The van der Waals surface area contributed by atoms with E-state index in [1.54, 1.807) is 24.5 Å².